The van der Waals surface area contributed by atoms with Gasteiger partial charge in [0.2, 0.25) is 0 Å². The lowest BCUT2D eigenvalue weighted by atomic mass is 10.2. The van der Waals surface area contributed by atoms with E-state index in [1.54, 1.807) is 11.4 Å². The zero-order chi connectivity index (χ0) is 15.9. The van der Waals surface area contributed by atoms with E-state index in [2.05, 4.69) is 6.58 Å². The molecule has 2 aliphatic rings. The third-order valence-corrected chi connectivity index (χ3v) is 7.01. The van der Waals surface area contributed by atoms with Crippen LogP contribution < -0.4 is 0 Å². The van der Waals surface area contributed by atoms with E-state index in [1.807, 2.05) is 0 Å². The van der Waals surface area contributed by atoms with Gasteiger partial charge < -0.3 is 4.90 Å². The van der Waals surface area contributed by atoms with Crippen LogP contribution in [0.3, 0.4) is 0 Å². The van der Waals surface area contributed by atoms with E-state index in [-0.39, 0.29) is 42.3 Å². The van der Waals surface area contributed by atoms with Crippen molar-refractivity contribution in [2.75, 3.05) is 26.2 Å². The van der Waals surface area contributed by atoms with Gasteiger partial charge in [0.15, 0.2) is 0 Å². The molecule has 1 aromatic rings. The van der Waals surface area contributed by atoms with Crippen LogP contribution in [-0.4, -0.2) is 66.7 Å². The number of nitrogens with zero attached hydrogens (tertiary/aromatic N) is 3. The normalized spacial score (nSPS) is 23.0. The van der Waals surface area contributed by atoms with Crippen LogP contribution in [0.1, 0.15) is 0 Å². The standard InChI is InChI=1S/C13H15N3O4S2/c1-2-5-16-12(17)10-9-14(6-7-15(10)13(16)18)22(19,20)11-4-3-8-21-11/h2-4,8,10H,1,5-7,9H2/t10-/m1/s1. The summed E-state index contributed by atoms with van der Waals surface area (Å²) in [5.74, 6) is -0.365. The molecule has 2 saturated heterocycles. The minimum atomic E-state index is -3.61. The van der Waals surface area contributed by atoms with Gasteiger partial charge in [-0.2, -0.15) is 4.31 Å². The number of carbonyl (C=O) groups is 2. The van der Waals surface area contributed by atoms with E-state index in [1.165, 1.54) is 21.3 Å². The predicted molar refractivity (Wildman–Crippen MR) is 80.9 cm³/mol. The quantitative estimate of drug-likeness (QED) is 0.593. The molecule has 3 rings (SSSR count). The summed E-state index contributed by atoms with van der Waals surface area (Å²) < 4.78 is 26.6. The Kier molecular flexibility index (Phi) is 3.79. The topological polar surface area (TPSA) is 78.0 Å². The number of thiophene rings is 1. The van der Waals surface area contributed by atoms with Crippen molar-refractivity contribution in [1.82, 2.24) is 14.1 Å². The van der Waals surface area contributed by atoms with Gasteiger partial charge in [0.05, 0.1) is 0 Å². The lowest BCUT2D eigenvalue weighted by Crippen LogP contribution is -2.54. The molecule has 0 spiro atoms. The molecule has 1 atom stereocenters. The molecule has 0 radical (unpaired) electrons. The number of rotatable bonds is 4. The number of hydrogen-bond acceptors (Lipinski definition) is 5. The highest BCUT2D eigenvalue weighted by molar-refractivity contribution is 7.91. The lowest BCUT2D eigenvalue weighted by molar-refractivity contribution is -0.128. The SMILES string of the molecule is C=CCN1C(=O)[C@H]2CN(S(=O)(=O)c3cccs3)CCN2C1=O. The van der Waals surface area contributed by atoms with Gasteiger partial charge in [0, 0.05) is 26.2 Å². The van der Waals surface area contributed by atoms with Crippen LogP contribution in [0.5, 0.6) is 0 Å². The van der Waals surface area contributed by atoms with Crippen LogP contribution in [0.2, 0.25) is 0 Å². The molecule has 2 aliphatic heterocycles. The molecule has 3 amide bonds. The highest BCUT2D eigenvalue weighted by Crippen LogP contribution is 2.27. The lowest BCUT2D eigenvalue weighted by Gasteiger charge is -2.34. The van der Waals surface area contributed by atoms with Crippen molar-refractivity contribution >= 4 is 33.3 Å². The third-order valence-electron chi connectivity index (χ3n) is 3.77. The first-order valence-electron chi connectivity index (χ1n) is 6.73. The van der Waals surface area contributed by atoms with Crippen molar-refractivity contribution in [3.05, 3.63) is 30.2 Å². The van der Waals surface area contributed by atoms with Gasteiger partial charge in [-0.1, -0.05) is 12.1 Å². The molecule has 3 heterocycles. The van der Waals surface area contributed by atoms with E-state index in [4.69, 9.17) is 0 Å². The Labute approximate surface area is 132 Å². The minimum Gasteiger partial charge on any atom is -0.310 e. The second-order valence-corrected chi connectivity index (χ2v) is 8.14. The summed E-state index contributed by atoms with van der Waals surface area (Å²) in [4.78, 5) is 27.0. The summed E-state index contributed by atoms with van der Waals surface area (Å²) >= 11 is 1.14. The monoisotopic (exact) mass is 341 g/mol. The minimum absolute atomic E-state index is 0.00154. The Morgan fingerprint density at radius 3 is 2.77 bits per heavy atom. The molecule has 0 aliphatic carbocycles. The Morgan fingerprint density at radius 1 is 1.36 bits per heavy atom. The van der Waals surface area contributed by atoms with Gasteiger partial charge in [-0.05, 0) is 11.4 Å². The van der Waals surface area contributed by atoms with Gasteiger partial charge in [0.25, 0.3) is 15.9 Å². The molecule has 0 saturated carbocycles. The van der Waals surface area contributed by atoms with Crippen LogP contribution in [0, 0.1) is 0 Å². The van der Waals surface area contributed by atoms with E-state index in [9.17, 15) is 18.0 Å². The number of sulfonamides is 1. The fourth-order valence-corrected chi connectivity index (χ4v) is 5.26. The fourth-order valence-electron chi connectivity index (χ4n) is 2.68. The number of hydrogen-bond donors (Lipinski definition) is 0. The van der Waals surface area contributed by atoms with Crippen LogP contribution >= 0.6 is 11.3 Å². The summed E-state index contributed by atoms with van der Waals surface area (Å²) in [6, 6.07) is 2.10. The smallest absolute Gasteiger partial charge is 0.310 e. The maximum atomic E-state index is 12.5. The average Bonchev–Trinajstić information content (AvgIpc) is 3.12. The summed E-state index contributed by atoms with van der Waals surface area (Å²) in [6.07, 6.45) is 1.48. The molecule has 0 bridgehead atoms. The molecule has 22 heavy (non-hydrogen) atoms. The summed E-state index contributed by atoms with van der Waals surface area (Å²) in [5, 5.41) is 1.69. The maximum Gasteiger partial charge on any atom is 0.327 e. The zero-order valence-electron chi connectivity index (χ0n) is 11.7. The van der Waals surface area contributed by atoms with E-state index in [0.717, 1.165) is 16.2 Å². The summed E-state index contributed by atoms with van der Waals surface area (Å²) in [6.45, 7) is 4.08. The van der Waals surface area contributed by atoms with Gasteiger partial charge in [-0.25, -0.2) is 13.2 Å². The van der Waals surface area contributed by atoms with Gasteiger partial charge in [-0.3, -0.25) is 9.69 Å². The van der Waals surface area contributed by atoms with Crippen LogP contribution in [0.25, 0.3) is 0 Å². The molecule has 9 heteroatoms. The van der Waals surface area contributed by atoms with E-state index in [0.29, 0.717) is 0 Å². The van der Waals surface area contributed by atoms with Crippen molar-refractivity contribution in [1.29, 1.82) is 0 Å². The largest absolute Gasteiger partial charge is 0.327 e. The van der Waals surface area contributed by atoms with Crippen LogP contribution in [0.4, 0.5) is 4.79 Å². The fraction of sp³-hybridized carbons (Fsp3) is 0.385. The number of carbonyl (C=O) groups excluding carboxylic acids is 2. The first kappa shape index (κ1) is 15.2. The van der Waals surface area contributed by atoms with Crippen molar-refractivity contribution < 1.29 is 18.0 Å². The van der Waals surface area contributed by atoms with Crippen LogP contribution in [0.15, 0.2) is 34.4 Å². The number of amides is 3. The number of imide groups is 1. The molecular formula is C13H15N3O4S2. The van der Waals surface area contributed by atoms with E-state index < -0.39 is 16.1 Å². The third kappa shape index (κ3) is 2.25. The Balaban J connectivity index is 1.84. The highest BCUT2D eigenvalue weighted by Gasteiger charge is 2.49. The second-order valence-electron chi connectivity index (χ2n) is 5.02. The Morgan fingerprint density at radius 2 is 2.14 bits per heavy atom. The Hall–Kier alpha value is -1.71. The first-order chi connectivity index (χ1) is 10.5. The maximum absolute atomic E-state index is 12.5. The number of fused-ring (bicyclic) bond motifs is 1. The highest BCUT2D eigenvalue weighted by atomic mass is 32.2. The molecule has 0 unspecified atom stereocenters. The molecule has 1 aromatic heterocycles. The zero-order valence-corrected chi connectivity index (χ0v) is 13.3. The van der Waals surface area contributed by atoms with E-state index >= 15 is 0 Å². The first-order valence-corrected chi connectivity index (χ1v) is 9.05. The van der Waals surface area contributed by atoms with Crippen molar-refractivity contribution in [3.8, 4) is 0 Å². The van der Waals surface area contributed by atoms with Gasteiger partial charge in [-0.15, -0.1) is 17.9 Å². The van der Waals surface area contributed by atoms with Crippen molar-refractivity contribution in [2.24, 2.45) is 0 Å². The average molecular weight is 341 g/mol. The molecule has 2 fully saturated rings. The molecule has 7 nitrogen and oxygen atoms in total. The number of piperazine rings is 1. The Bertz CT molecular complexity index is 714. The molecule has 0 N–H and O–H groups in total. The molecule has 118 valence electrons. The van der Waals surface area contributed by atoms with Gasteiger partial charge >= 0.3 is 6.03 Å². The van der Waals surface area contributed by atoms with Crippen molar-refractivity contribution in [3.63, 3.8) is 0 Å². The molecular weight excluding hydrogens is 326 g/mol. The summed E-state index contributed by atoms with van der Waals surface area (Å²) in [5.41, 5.74) is 0. The number of urea groups is 1. The molecule has 0 aromatic carbocycles. The van der Waals surface area contributed by atoms with Gasteiger partial charge in [0.1, 0.15) is 10.3 Å². The second kappa shape index (κ2) is 5.49. The van der Waals surface area contributed by atoms with Crippen molar-refractivity contribution in [2.45, 2.75) is 10.3 Å². The summed E-state index contributed by atoms with van der Waals surface area (Å²) in [7, 11) is -3.61. The van der Waals surface area contributed by atoms with Crippen LogP contribution in [-0.2, 0) is 14.8 Å². The predicted octanol–water partition coefficient (Wildman–Crippen LogP) is 0.571.